The van der Waals surface area contributed by atoms with Crippen LogP contribution in [-0.2, 0) is 0 Å². The van der Waals surface area contributed by atoms with Crippen LogP contribution in [0.3, 0.4) is 0 Å². The molecule has 146 valence electrons. The van der Waals surface area contributed by atoms with Crippen LogP contribution in [0, 0.1) is 34.4 Å². The molecule has 3 atom stereocenters. The van der Waals surface area contributed by atoms with Gasteiger partial charge in [0.05, 0.1) is 16.5 Å². The van der Waals surface area contributed by atoms with E-state index in [9.17, 15) is 9.18 Å². The number of amides is 1. The van der Waals surface area contributed by atoms with Gasteiger partial charge in [-0.25, -0.2) is 14.4 Å². The summed E-state index contributed by atoms with van der Waals surface area (Å²) in [6, 6.07) is 7.83. The Morgan fingerprint density at radius 2 is 2.14 bits per heavy atom. The monoisotopic (exact) mass is 388 g/mol. The average molecular weight is 388 g/mol. The molecule has 0 saturated heterocycles. The van der Waals surface area contributed by atoms with Crippen LogP contribution in [0.25, 0.3) is 22.6 Å². The van der Waals surface area contributed by atoms with E-state index in [0.29, 0.717) is 34.0 Å². The number of carbonyl (C=O) groups excluding carboxylic acids is 1. The Labute approximate surface area is 168 Å². The SMILES string of the molecule is CC1(C)C2C#CC1(C)C(NC(=O)c1ccnc3nc(-c4cccc(F)c4)[nH]c13)C2. The van der Waals surface area contributed by atoms with Crippen molar-refractivity contribution in [2.75, 3.05) is 0 Å². The molecule has 1 amide bonds. The lowest BCUT2D eigenvalue weighted by atomic mass is 9.69. The van der Waals surface area contributed by atoms with Gasteiger partial charge in [-0.05, 0) is 37.0 Å². The van der Waals surface area contributed by atoms with Crippen LogP contribution in [0.4, 0.5) is 4.39 Å². The molecule has 2 aliphatic carbocycles. The lowest BCUT2D eigenvalue weighted by molar-refractivity contribution is 0.0893. The maximum atomic E-state index is 13.6. The second-order valence-electron chi connectivity index (χ2n) is 8.66. The van der Waals surface area contributed by atoms with Gasteiger partial charge in [-0.15, -0.1) is 0 Å². The zero-order valence-corrected chi connectivity index (χ0v) is 16.5. The van der Waals surface area contributed by atoms with E-state index in [2.05, 4.69) is 52.9 Å². The summed E-state index contributed by atoms with van der Waals surface area (Å²) < 4.78 is 13.6. The van der Waals surface area contributed by atoms with Crippen LogP contribution >= 0.6 is 0 Å². The minimum atomic E-state index is -0.345. The second kappa shape index (κ2) is 5.90. The van der Waals surface area contributed by atoms with Gasteiger partial charge in [-0.2, -0.15) is 0 Å². The van der Waals surface area contributed by atoms with Gasteiger partial charge in [0, 0.05) is 23.7 Å². The maximum Gasteiger partial charge on any atom is 0.253 e. The molecule has 2 aromatic heterocycles. The summed E-state index contributed by atoms with van der Waals surface area (Å²) >= 11 is 0. The number of carbonyl (C=O) groups is 1. The van der Waals surface area contributed by atoms with E-state index in [1.165, 1.54) is 12.1 Å². The van der Waals surface area contributed by atoms with Gasteiger partial charge >= 0.3 is 0 Å². The van der Waals surface area contributed by atoms with Crippen LogP contribution in [0.1, 0.15) is 37.6 Å². The summed E-state index contributed by atoms with van der Waals surface area (Å²) in [4.78, 5) is 25.0. The molecule has 1 fully saturated rings. The number of hydrogen-bond acceptors (Lipinski definition) is 3. The first kappa shape index (κ1) is 17.9. The molecule has 3 unspecified atom stereocenters. The topological polar surface area (TPSA) is 70.7 Å². The Balaban J connectivity index is 1.48. The van der Waals surface area contributed by atoms with E-state index in [1.54, 1.807) is 24.4 Å². The van der Waals surface area contributed by atoms with Crippen LogP contribution in [0.5, 0.6) is 0 Å². The van der Waals surface area contributed by atoms with Crippen molar-refractivity contribution < 1.29 is 9.18 Å². The summed E-state index contributed by atoms with van der Waals surface area (Å²) in [5.74, 6) is 6.94. The average Bonchev–Trinajstić information content (AvgIpc) is 3.27. The summed E-state index contributed by atoms with van der Waals surface area (Å²) in [7, 11) is 0. The number of halogens is 1. The predicted molar refractivity (Wildman–Crippen MR) is 108 cm³/mol. The van der Waals surface area contributed by atoms with E-state index in [-0.39, 0.29) is 28.6 Å². The zero-order valence-electron chi connectivity index (χ0n) is 16.5. The molecule has 1 aromatic carbocycles. The normalized spacial score (nSPS) is 26.3. The lowest BCUT2D eigenvalue weighted by Gasteiger charge is -2.36. The fourth-order valence-electron chi connectivity index (χ4n) is 4.61. The Morgan fingerprint density at radius 1 is 1.31 bits per heavy atom. The third-order valence-electron chi connectivity index (χ3n) is 6.92. The Kier molecular flexibility index (Phi) is 3.63. The summed E-state index contributed by atoms with van der Waals surface area (Å²) in [6.45, 7) is 6.56. The van der Waals surface area contributed by atoms with Crippen molar-refractivity contribution in [3.63, 3.8) is 0 Å². The second-order valence-corrected chi connectivity index (χ2v) is 8.66. The van der Waals surface area contributed by atoms with Crippen molar-refractivity contribution in [2.45, 2.75) is 33.2 Å². The highest BCUT2D eigenvalue weighted by Crippen LogP contribution is 2.58. The number of aromatic nitrogens is 3. The third kappa shape index (κ3) is 2.50. The molecule has 29 heavy (non-hydrogen) atoms. The minimum absolute atomic E-state index is 0.00919. The highest BCUT2D eigenvalue weighted by atomic mass is 19.1. The first-order valence-corrected chi connectivity index (χ1v) is 9.74. The van der Waals surface area contributed by atoms with Crippen molar-refractivity contribution in [2.24, 2.45) is 16.7 Å². The highest BCUT2D eigenvalue weighted by molar-refractivity contribution is 6.04. The smallest absolute Gasteiger partial charge is 0.253 e. The summed E-state index contributed by atoms with van der Waals surface area (Å²) in [5.41, 5.74) is 1.81. The number of hydrogen-bond donors (Lipinski definition) is 2. The van der Waals surface area contributed by atoms with E-state index in [0.717, 1.165) is 6.42 Å². The van der Waals surface area contributed by atoms with Crippen molar-refractivity contribution in [3.05, 3.63) is 47.9 Å². The number of benzene rings is 1. The van der Waals surface area contributed by atoms with Crippen molar-refractivity contribution in [3.8, 4) is 23.2 Å². The molecule has 0 aliphatic heterocycles. The van der Waals surface area contributed by atoms with Gasteiger partial charge < -0.3 is 10.3 Å². The molecule has 1 saturated carbocycles. The van der Waals surface area contributed by atoms with Gasteiger partial charge in [0.1, 0.15) is 11.6 Å². The number of imidazole rings is 1. The van der Waals surface area contributed by atoms with Gasteiger partial charge in [-0.1, -0.05) is 37.8 Å². The molecule has 5 nitrogen and oxygen atoms in total. The van der Waals surface area contributed by atoms with E-state index < -0.39 is 0 Å². The Hall–Kier alpha value is -3.20. The predicted octanol–water partition coefficient (Wildman–Crippen LogP) is 3.93. The Bertz CT molecular complexity index is 1220. The molecular weight excluding hydrogens is 367 g/mol. The molecule has 2 N–H and O–H groups in total. The van der Waals surface area contributed by atoms with Gasteiger partial charge in [0.25, 0.3) is 5.91 Å². The number of rotatable bonds is 3. The van der Waals surface area contributed by atoms with Gasteiger partial charge in [0.2, 0.25) is 0 Å². The number of aromatic amines is 1. The maximum absolute atomic E-state index is 13.6. The van der Waals surface area contributed by atoms with Crippen molar-refractivity contribution in [1.82, 2.24) is 20.3 Å². The fraction of sp³-hybridized carbons (Fsp3) is 0.348. The number of fused-ring (bicyclic) bond motifs is 3. The van der Waals surface area contributed by atoms with E-state index >= 15 is 0 Å². The molecule has 2 bridgehead atoms. The van der Waals surface area contributed by atoms with Crippen molar-refractivity contribution >= 4 is 17.1 Å². The van der Waals surface area contributed by atoms with Crippen LogP contribution < -0.4 is 5.32 Å². The number of nitrogens with one attached hydrogen (secondary N) is 2. The first-order valence-electron chi connectivity index (χ1n) is 9.74. The first-order chi connectivity index (χ1) is 13.8. The fourth-order valence-corrected chi connectivity index (χ4v) is 4.61. The molecule has 2 aliphatic rings. The van der Waals surface area contributed by atoms with Crippen LogP contribution in [-0.4, -0.2) is 26.9 Å². The summed E-state index contributed by atoms with van der Waals surface area (Å²) in [6.07, 6.45) is 2.42. The number of H-pyrrole nitrogens is 1. The molecule has 2 heterocycles. The zero-order chi connectivity index (χ0) is 20.4. The molecule has 3 aromatic rings. The molecule has 0 spiro atoms. The highest BCUT2D eigenvalue weighted by Gasteiger charge is 2.59. The third-order valence-corrected chi connectivity index (χ3v) is 6.92. The Morgan fingerprint density at radius 3 is 2.83 bits per heavy atom. The van der Waals surface area contributed by atoms with Crippen LogP contribution in [0.15, 0.2) is 36.5 Å². The van der Waals surface area contributed by atoms with Crippen molar-refractivity contribution in [1.29, 1.82) is 0 Å². The quantitative estimate of drug-likeness (QED) is 0.668. The van der Waals surface area contributed by atoms with Crippen LogP contribution in [0.2, 0.25) is 0 Å². The van der Waals surface area contributed by atoms with E-state index in [4.69, 9.17) is 0 Å². The number of pyridine rings is 1. The molecule has 5 rings (SSSR count). The lowest BCUT2D eigenvalue weighted by Crippen LogP contribution is -2.46. The molecular formula is C23H21FN4O. The molecule has 6 heteroatoms. The standard InChI is InChI=1S/C23H21FN4O/c1-22(2)14-7-9-23(22,3)17(12-14)26-21(29)16-8-10-25-20-18(16)27-19(28-20)13-5-4-6-15(24)11-13/h4-6,8,10-11,14,17H,12H2,1-3H3,(H,26,29)(H,25,27,28). The largest absolute Gasteiger partial charge is 0.348 e. The van der Waals surface area contributed by atoms with E-state index in [1.807, 2.05) is 0 Å². The molecule has 0 radical (unpaired) electrons. The van der Waals surface area contributed by atoms with Gasteiger partial charge in [-0.3, -0.25) is 4.79 Å². The summed E-state index contributed by atoms with van der Waals surface area (Å²) in [5, 5.41) is 3.20. The minimum Gasteiger partial charge on any atom is -0.348 e. The van der Waals surface area contributed by atoms with Gasteiger partial charge in [0.15, 0.2) is 5.65 Å². The number of nitrogens with zero attached hydrogens (tertiary/aromatic N) is 2.